The summed E-state index contributed by atoms with van der Waals surface area (Å²) in [6, 6.07) is 6.52. The van der Waals surface area contributed by atoms with Gasteiger partial charge in [0.2, 0.25) is 5.43 Å². The molecule has 0 aliphatic carbocycles. The molecule has 166 valence electrons. The van der Waals surface area contributed by atoms with Gasteiger partial charge in [-0.1, -0.05) is 6.07 Å². The van der Waals surface area contributed by atoms with Gasteiger partial charge in [-0.3, -0.25) is 14.4 Å². The van der Waals surface area contributed by atoms with E-state index in [2.05, 4.69) is 5.32 Å². The highest BCUT2D eigenvalue weighted by Gasteiger charge is 2.19. The first kappa shape index (κ1) is 21.0. The number of benzene rings is 2. The summed E-state index contributed by atoms with van der Waals surface area (Å²) < 4.78 is 21.9. The number of hydrogen-bond donors (Lipinski definition) is 3. The smallest absolute Gasteiger partial charge is 0.325 e. The van der Waals surface area contributed by atoms with Crippen LogP contribution in [0, 0.1) is 0 Å². The lowest BCUT2D eigenvalue weighted by atomic mass is 10.0. The molecule has 0 radical (unpaired) electrons. The molecule has 1 aromatic heterocycles. The van der Waals surface area contributed by atoms with Crippen LogP contribution in [0.1, 0.15) is 6.92 Å². The van der Waals surface area contributed by atoms with Crippen molar-refractivity contribution < 1.29 is 38.4 Å². The number of phenols is 1. The highest BCUT2D eigenvalue weighted by atomic mass is 16.6. The van der Waals surface area contributed by atoms with Crippen LogP contribution < -0.4 is 25.0 Å². The molecule has 2 heterocycles. The van der Waals surface area contributed by atoms with Crippen LogP contribution in [-0.2, 0) is 9.59 Å². The van der Waals surface area contributed by atoms with Crippen LogP contribution in [0.5, 0.6) is 23.0 Å². The zero-order chi connectivity index (χ0) is 22.8. The Morgan fingerprint density at radius 2 is 1.91 bits per heavy atom. The number of aliphatic carboxylic acids is 1. The molecular formula is C22H19NO9. The molecule has 3 N–H and O–H groups in total. The van der Waals surface area contributed by atoms with Crippen molar-refractivity contribution in [3.8, 4) is 34.1 Å². The Morgan fingerprint density at radius 1 is 1.16 bits per heavy atom. The molecule has 4 rings (SSSR count). The van der Waals surface area contributed by atoms with Gasteiger partial charge in [0.25, 0.3) is 5.91 Å². The zero-order valence-corrected chi connectivity index (χ0v) is 16.9. The van der Waals surface area contributed by atoms with E-state index in [1.807, 2.05) is 0 Å². The van der Waals surface area contributed by atoms with E-state index in [0.717, 1.165) is 0 Å². The predicted octanol–water partition coefficient (Wildman–Crippen LogP) is 1.90. The minimum Gasteiger partial charge on any atom is -0.507 e. The van der Waals surface area contributed by atoms with E-state index >= 15 is 0 Å². The summed E-state index contributed by atoms with van der Waals surface area (Å²) in [6.45, 7) is 1.68. The summed E-state index contributed by atoms with van der Waals surface area (Å²) >= 11 is 0. The average Bonchev–Trinajstić information content (AvgIpc) is 2.77. The monoisotopic (exact) mass is 441 g/mol. The molecule has 1 aliphatic rings. The lowest BCUT2D eigenvalue weighted by Gasteiger charge is -2.18. The van der Waals surface area contributed by atoms with Gasteiger partial charge in [0.1, 0.15) is 48.0 Å². The van der Waals surface area contributed by atoms with Gasteiger partial charge in [-0.25, -0.2) is 0 Å². The largest absolute Gasteiger partial charge is 0.507 e. The number of amides is 1. The minimum absolute atomic E-state index is 0.0475. The van der Waals surface area contributed by atoms with Crippen molar-refractivity contribution in [1.29, 1.82) is 0 Å². The fraction of sp³-hybridized carbons (Fsp3) is 0.227. The number of fused-ring (bicyclic) bond motifs is 2. The van der Waals surface area contributed by atoms with Crippen LogP contribution >= 0.6 is 0 Å². The Kier molecular flexibility index (Phi) is 5.59. The van der Waals surface area contributed by atoms with E-state index in [9.17, 15) is 19.5 Å². The number of nitrogens with one attached hydrogen (secondary N) is 1. The molecule has 0 saturated carbocycles. The number of phenolic OH excluding ortho intramolecular Hbond substituents is 1. The Balaban J connectivity index is 1.59. The van der Waals surface area contributed by atoms with Gasteiger partial charge in [0, 0.05) is 12.1 Å². The lowest BCUT2D eigenvalue weighted by Crippen LogP contribution is -2.40. The molecule has 1 atom stereocenters. The third kappa shape index (κ3) is 4.15. The predicted molar refractivity (Wildman–Crippen MR) is 111 cm³/mol. The Hall–Kier alpha value is -4.21. The number of carbonyl (C=O) groups excluding carboxylic acids is 1. The van der Waals surface area contributed by atoms with Gasteiger partial charge in [0.15, 0.2) is 18.1 Å². The maximum atomic E-state index is 13.0. The summed E-state index contributed by atoms with van der Waals surface area (Å²) in [5.74, 6) is -1.06. The van der Waals surface area contributed by atoms with Crippen LogP contribution in [-0.4, -0.2) is 48.0 Å². The maximum Gasteiger partial charge on any atom is 0.325 e. The quantitative estimate of drug-likeness (QED) is 0.522. The summed E-state index contributed by atoms with van der Waals surface area (Å²) in [5.41, 5.74) is 0.361. The Bertz CT molecular complexity index is 1260. The van der Waals surface area contributed by atoms with Crippen molar-refractivity contribution in [3.05, 3.63) is 46.8 Å². The van der Waals surface area contributed by atoms with Crippen molar-refractivity contribution in [1.82, 2.24) is 5.32 Å². The Labute approximate surface area is 180 Å². The van der Waals surface area contributed by atoms with E-state index in [-0.39, 0.29) is 28.0 Å². The summed E-state index contributed by atoms with van der Waals surface area (Å²) in [4.78, 5) is 35.6. The second kappa shape index (κ2) is 8.50. The fourth-order valence-electron chi connectivity index (χ4n) is 3.20. The second-order valence-electron chi connectivity index (χ2n) is 7.07. The molecule has 1 aliphatic heterocycles. The van der Waals surface area contributed by atoms with E-state index in [1.165, 1.54) is 25.3 Å². The molecule has 0 spiro atoms. The Morgan fingerprint density at radius 3 is 2.66 bits per heavy atom. The van der Waals surface area contributed by atoms with E-state index in [4.69, 9.17) is 23.7 Å². The first-order valence-electron chi connectivity index (χ1n) is 9.67. The molecule has 0 bridgehead atoms. The van der Waals surface area contributed by atoms with E-state index < -0.39 is 30.0 Å². The van der Waals surface area contributed by atoms with E-state index in [0.29, 0.717) is 30.3 Å². The zero-order valence-electron chi connectivity index (χ0n) is 16.9. The third-order valence-electron chi connectivity index (χ3n) is 4.80. The third-order valence-corrected chi connectivity index (χ3v) is 4.80. The van der Waals surface area contributed by atoms with Crippen LogP contribution in [0.25, 0.3) is 22.1 Å². The SMILES string of the molecule is C[C@@H](NC(=O)COc1cc(O)c2c(=O)c(-c3ccc4c(c3)OCCO4)coc2c1)C(=O)O. The molecule has 10 nitrogen and oxygen atoms in total. The molecule has 32 heavy (non-hydrogen) atoms. The molecule has 1 amide bonds. The molecular weight excluding hydrogens is 422 g/mol. The number of carbonyl (C=O) groups is 2. The number of hydrogen-bond acceptors (Lipinski definition) is 8. The molecule has 3 aromatic rings. The second-order valence-corrected chi connectivity index (χ2v) is 7.07. The number of carboxylic acid groups (broad SMARTS) is 1. The van der Waals surface area contributed by atoms with Crippen molar-refractivity contribution in [2.75, 3.05) is 19.8 Å². The summed E-state index contributed by atoms with van der Waals surface area (Å²) in [5, 5.41) is 21.4. The number of aromatic hydroxyl groups is 1. The molecule has 2 aromatic carbocycles. The van der Waals surface area contributed by atoms with Gasteiger partial charge < -0.3 is 34.2 Å². The van der Waals surface area contributed by atoms with Gasteiger partial charge in [-0.15, -0.1) is 0 Å². The highest BCUT2D eigenvalue weighted by Crippen LogP contribution is 2.35. The fourth-order valence-corrected chi connectivity index (χ4v) is 3.20. The van der Waals surface area contributed by atoms with Gasteiger partial charge in [-0.2, -0.15) is 0 Å². The first-order valence-corrected chi connectivity index (χ1v) is 9.67. The number of ether oxygens (including phenoxy) is 3. The van der Waals surface area contributed by atoms with Crippen molar-refractivity contribution >= 4 is 22.8 Å². The first-order chi connectivity index (χ1) is 15.3. The average molecular weight is 441 g/mol. The number of rotatable bonds is 6. The normalized spacial score (nSPS) is 13.4. The molecule has 0 saturated heterocycles. The number of carboxylic acids is 1. The summed E-state index contributed by atoms with van der Waals surface area (Å²) in [7, 11) is 0. The van der Waals surface area contributed by atoms with Gasteiger partial charge >= 0.3 is 5.97 Å². The molecule has 10 heteroatoms. The summed E-state index contributed by atoms with van der Waals surface area (Å²) in [6.07, 6.45) is 1.26. The van der Waals surface area contributed by atoms with Crippen molar-refractivity contribution in [2.45, 2.75) is 13.0 Å². The van der Waals surface area contributed by atoms with Crippen LogP contribution in [0.4, 0.5) is 0 Å². The maximum absolute atomic E-state index is 13.0. The van der Waals surface area contributed by atoms with Crippen molar-refractivity contribution in [2.24, 2.45) is 0 Å². The molecule has 0 unspecified atom stereocenters. The van der Waals surface area contributed by atoms with Crippen molar-refractivity contribution in [3.63, 3.8) is 0 Å². The van der Waals surface area contributed by atoms with Gasteiger partial charge in [0.05, 0.1) is 5.56 Å². The van der Waals surface area contributed by atoms with Crippen LogP contribution in [0.2, 0.25) is 0 Å². The van der Waals surface area contributed by atoms with Crippen LogP contribution in [0.15, 0.2) is 45.8 Å². The topological polar surface area (TPSA) is 145 Å². The van der Waals surface area contributed by atoms with E-state index in [1.54, 1.807) is 18.2 Å². The molecule has 0 fully saturated rings. The highest BCUT2D eigenvalue weighted by molar-refractivity contribution is 5.88. The van der Waals surface area contributed by atoms with Gasteiger partial charge in [-0.05, 0) is 24.6 Å². The van der Waals surface area contributed by atoms with Crippen LogP contribution in [0.3, 0.4) is 0 Å². The standard InChI is InChI=1S/C22H19NO9/c1-11(22(27)28)23-19(25)10-31-13-7-15(24)20-18(8-13)32-9-14(21(20)26)12-2-3-16-17(6-12)30-5-4-29-16/h2-3,6-9,11,24H,4-5,10H2,1H3,(H,23,25)(H,27,28)/t11-/m1/s1. The lowest BCUT2D eigenvalue weighted by molar-refractivity contribution is -0.141. The minimum atomic E-state index is -1.18.